The molecule has 0 aliphatic rings. The Kier molecular flexibility index (Phi) is 6.82. The molecule has 0 fully saturated rings. The molecule has 0 aromatic heterocycles. The van der Waals surface area contributed by atoms with E-state index in [1.54, 1.807) is 24.3 Å². The molecule has 0 bridgehead atoms. The number of hydrazine groups is 1. The van der Waals surface area contributed by atoms with Gasteiger partial charge < -0.3 is 9.47 Å². The highest BCUT2D eigenvalue weighted by Crippen LogP contribution is 2.27. The van der Waals surface area contributed by atoms with Gasteiger partial charge in [0.05, 0.1) is 0 Å². The van der Waals surface area contributed by atoms with Gasteiger partial charge in [-0.2, -0.15) is 0 Å². The summed E-state index contributed by atoms with van der Waals surface area (Å²) >= 11 is 3.41. The second kappa shape index (κ2) is 9.08. The van der Waals surface area contributed by atoms with Gasteiger partial charge in [0.25, 0.3) is 11.8 Å². The molecular weight excluding hydrogens is 388 g/mol. The molecule has 0 spiro atoms. The molecule has 2 rings (SSSR count). The number of amides is 2. The second-order valence-corrected chi connectivity index (χ2v) is 6.27. The maximum absolute atomic E-state index is 11.8. The Morgan fingerprint density at radius 2 is 1.44 bits per heavy atom. The smallest absolute Gasteiger partial charge is 0.276 e. The highest BCUT2D eigenvalue weighted by atomic mass is 79.9. The molecule has 0 radical (unpaired) electrons. The third kappa shape index (κ3) is 6.11. The van der Waals surface area contributed by atoms with Crippen molar-refractivity contribution in [2.24, 2.45) is 0 Å². The molecule has 2 N–H and O–H groups in total. The number of nitrogens with one attached hydrogen (secondary N) is 2. The first-order chi connectivity index (χ1) is 12.0. The second-order valence-electron chi connectivity index (χ2n) is 5.36. The summed E-state index contributed by atoms with van der Waals surface area (Å²) in [6, 6.07) is 12.7. The first-order valence-corrected chi connectivity index (χ1v) is 8.40. The van der Waals surface area contributed by atoms with Gasteiger partial charge in [-0.3, -0.25) is 20.4 Å². The summed E-state index contributed by atoms with van der Waals surface area (Å²) in [6.07, 6.45) is 0. The summed E-state index contributed by atoms with van der Waals surface area (Å²) in [5.74, 6) is 0.300. The summed E-state index contributed by atoms with van der Waals surface area (Å²) < 4.78 is 11.8. The maximum Gasteiger partial charge on any atom is 0.276 e. The topological polar surface area (TPSA) is 76.7 Å². The Bertz CT molecular complexity index is 727. The lowest BCUT2D eigenvalue weighted by Crippen LogP contribution is -2.45. The van der Waals surface area contributed by atoms with E-state index in [4.69, 9.17) is 9.47 Å². The van der Waals surface area contributed by atoms with Crippen LogP contribution in [0.1, 0.15) is 11.1 Å². The van der Waals surface area contributed by atoms with Gasteiger partial charge in [0.15, 0.2) is 13.2 Å². The van der Waals surface area contributed by atoms with Crippen LogP contribution in [0.5, 0.6) is 11.5 Å². The van der Waals surface area contributed by atoms with Crippen LogP contribution in [0.2, 0.25) is 0 Å². The van der Waals surface area contributed by atoms with E-state index in [9.17, 15) is 9.59 Å². The van der Waals surface area contributed by atoms with Crippen LogP contribution in [-0.2, 0) is 9.59 Å². The first kappa shape index (κ1) is 18.8. The Labute approximate surface area is 154 Å². The van der Waals surface area contributed by atoms with Crippen LogP contribution in [0, 0.1) is 13.8 Å². The zero-order valence-corrected chi connectivity index (χ0v) is 15.6. The van der Waals surface area contributed by atoms with Crippen molar-refractivity contribution in [3.05, 3.63) is 58.1 Å². The minimum Gasteiger partial charge on any atom is -0.484 e. The quantitative estimate of drug-likeness (QED) is 0.722. The molecule has 132 valence electrons. The third-order valence-electron chi connectivity index (χ3n) is 3.23. The molecule has 0 unspecified atom stereocenters. The van der Waals surface area contributed by atoms with Crippen molar-refractivity contribution in [2.45, 2.75) is 13.8 Å². The van der Waals surface area contributed by atoms with Crippen LogP contribution >= 0.6 is 15.9 Å². The molecule has 0 aliphatic carbocycles. The van der Waals surface area contributed by atoms with E-state index in [-0.39, 0.29) is 13.2 Å². The minimum atomic E-state index is -0.465. The van der Waals surface area contributed by atoms with E-state index in [0.29, 0.717) is 11.5 Å². The lowest BCUT2D eigenvalue weighted by atomic mass is 10.1. The lowest BCUT2D eigenvalue weighted by Gasteiger charge is -2.13. The average molecular weight is 407 g/mol. The molecule has 0 heterocycles. The van der Waals surface area contributed by atoms with Gasteiger partial charge in [-0.05, 0) is 49.2 Å². The molecule has 2 amide bonds. The van der Waals surface area contributed by atoms with Gasteiger partial charge in [-0.25, -0.2) is 0 Å². The number of hydrogen-bond donors (Lipinski definition) is 2. The molecule has 7 heteroatoms. The Morgan fingerprint density at radius 1 is 0.920 bits per heavy atom. The molecule has 6 nitrogen and oxygen atoms in total. The number of carbonyl (C=O) groups excluding carboxylic acids is 2. The summed E-state index contributed by atoms with van der Waals surface area (Å²) in [7, 11) is 0. The molecular formula is C18H19BrN2O4. The average Bonchev–Trinajstić information content (AvgIpc) is 2.58. The maximum atomic E-state index is 11.8. The van der Waals surface area contributed by atoms with Gasteiger partial charge in [-0.15, -0.1) is 0 Å². The minimum absolute atomic E-state index is 0.198. The van der Waals surface area contributed by atoms with Crippen LogP contribution in [0.25, 0.3) is 0 Å². The Hall–Kier alpha value is -2.54. The molecule has 0 atom stereocenters. The van der Waals surface area contributed by atoms with Gasteiger partial charge in [-0.1, -0.05) is 34.1 Å². The highest BCUT2D eigenvalue weighted by molar-refractivity contribution is 9.10. The predicted octanol–water partition coefficient (Wildman–Crippen LogP) is 2.67. The van der Waals surface area contributed by atoms with E-state index >= 15 is 0 Å². The highest BCUT2D eigenvalue weighted by Gasteiger charge is 2.10. The van der Waals surface area contributed by atoms with Crippen LogP contribution in [0.15, 0.2) is 46.9 Å². The van der Waals surface area contributed by atoms with Crippen LogP contribution in [0.3, 0.4) is 0 Å². The lowest BCUT2D eigenvalue weighted by molar-refractivity contribution is -0.131. The van der Waals surface area contributed by atoms with Crippen molar-refractivity contribution in [2.75, 3.05) is 13.2 Å². The fourth-order valence-corrected chi connectivity index (χ4v) is 2.83. The molecule has 0 saturated heterocycles. The Balaban J connectivity index is 1.73. The van der Waals surface area contributed by atoms with E-state index in [2.05, 4.69) is 26.8 Å². The largest absolute Gasteiger partial charge is 0.484 e. The van der Waals surface area contributed by atoms with Crippen molar-refractivity contribution in [3.63, 3.8) is 0 Å². The van der Waals surface area contributed by atoms with Gasteiger partial charge in [0, 0.05) is 4.47 Å². The zero-order chi connectivity index (χ0) is 18.2. The summed E-state index contributed by atoms with van der Waals surface area (Å²) in [5.41, 5.74) is 6.40. The van der Waals surface area contributed by atoms with Crippen molar-refractivity contribution in [1.29, 1.82) is 0 Å². The summed E-state index contributed by atoms with van der Waals surface area (Å²) in [4.78, 5) is 23.4. The number of ether oxygens (including phenoxy) is 2. The molecule has 0 aliphatic heterocycles. The summed E-state index contributed by atoms with van der Waals surface area (Å²) in [6.45, 7) is 3.39. The third-order valence-corrected chi connectivity index (χ3v) is 3.69. The fourth-order valence-electron chi connectivity index (χ4n) is 2.14. The van der Waals surface area contributed by atoms with E-state index < -0.39 is 11.8 Å². The number of benzene rings is 2. The zero-order valence-electron chi connectivity index (χ0n) is 14.0. The number of carbonyl (C=O) groups is 2. The van der Waals surface area contributed by atoms with Crippen molar-refractivity contribution in [1.82, 2.24) is 10.9 Å². The first-order valence-electron chi connectivity index (χ1n) is 7.61. The van der Waals surface area contributed by atoms with Crippen LogP contribution in [-0.4, -0.2) is 25.0 Å². The van der Waals surface area contributed by atoms with Gasteiger partial charge >= 0.3 is 0 Å². The van der Waals surface area contributed by atoms with Crippen molar-refractivity contribution >= 4 is 27.7 Å². The molecule has 25 heavy (non-hydrogen) atoms. The molecule has 2 aromatic rings. The number of para-hydroxylation sites is 1. The number of aryl methyl sites for hydroxylation is 2. The van der Waals surface area contributed by atoms with Crippen LogP contribution < -0.4 is 20.3 Å². The standard InChI is InChI=1S/C18H19BrN2O4/c1-12-8-14(19)9-13(2)18(12)25-11-17(23)21-20-16(22)10-24-15-6-4-3-5-7-15/h3-9H,10-11H2,1-2H3,(H,20,22)(H,21,23). The number of rotatable bonds is 6. The van der Waals surface area contributed by atoms with Gasteiger partial charge in [0.1, 0.15) is 11.5 Å². The normalized spacial score (nSPS) is 10.0. The monoisotopic (exact) mass is 406 g/mol. The van der Waals surface area contributed by atoms with E-state index in [1.807, 2.05) is 32.0 Å². The van der Waals surface area contributed by atoms with Crippen LogP contribution in [0.4, 0.5) is 0 Å². The number of halogens is 1. The van der Waals surface area contributed by atoms with Crippen molar-refractivity contribution in [3.8, 4) is 11.5 Å². The van der Waals surface area contributed by atoms with Gasteiger partial charge in [0.2, 0.25) is 0 Å². The van der Waals surface area contributed by atoms with E-state index in [1.165, 1.54) is 0 Å². The summed E-state index contributed by atoms with van der Waals surface area (Å²) in [5, 5.41) is 0. The van der Waals surface area contributed by atoms with E-state index in [0.717, 1.165) is 15.6 Å². The Morgan fingerprint density at radius 3 is 2.00 bits per heavy atom. The predicted molar refractivity (Wildman–Crippen MR) is 97.3 cm³/mol. The SMILES string of the molecule is Cc1cc(Br)cc(C)c1OCC(=O)NNC(=O)COc1ccccc1. The number of hydrogen-bond acceptors (Lipinski definition) is 4. The molecule has 0 saturated carbocycles. The fraction of sp³-hybridized carbons (Fsp3) is 0.222. The van der Waals surface area contributed by atoms with Crippen molar-refractivity contribution < 1.29 is 19.1 Å². The molecule has 2 aromatic carbocycles.